The summed E-state index contributed by atoms with van der Waals surface area (Å²) in [4.78, 5) is 31.4. The monoisotopic (exact) mass is 1390 g/mol. The quantitative estimate of drug-likeness (QED) is 0.127. The number of furan rings is 1. The molecule has 0 aliphatic carbocycles. The van der Waals surface area contributed by atoms with Crippen LogP contribution in [0.3, 0.4) is 0 Å². The molecule has 7 nitrogen and oxygen atoms in total. The van der Waals surface area contributed by atoms with E-state index in [0.29, 0.717) is 34.9 Å². The Balaban J connectivity index is 0.000000143. The smallest absolute Gasteiger partial charge is 0.165 e. The molecule has 0 radical (unpaired) electrons. The average molecular weight is 1400 g/mol. The van der Waals surface area contributed by atoms with E-state index in [0.717, 1.165) is 105 Å². The highest BCUT2D eigenvalue weighted by molar-refractivity contribution is 7.26. The van der Waals surface area contributed by atoms with Gasteiger partial charge in [0.25, 0.3) is 0 Å². The maximum atomic E-state index is 6.65. The van der Waals surface area contributed by atoms with Gasteiger partial charge in [0.1, 0.15) is 11.2 Å². The highest BCUT2D eigenvalue weighted by atomic mass is 32.1. The van der Waals surface area contributed by atoms with Gasteiger partial charge in [-0.1, -0.05) is 315 Å². The average Bonchev–Trinajstić information content (AvgIpc) is 1.40. The topological polar surface area (TPSA) is 90.5 Å². The summed E-state index contributed by atoms with van der Waals surface area (Å²) in [5.74, 6) is 3.77. The molecule has 0 spiro atoms. The maximum absolute atomic E-state index is 6.65. The van der Waals surface area contributed by atoms with Crippen LogP contribution in [-0.2, 0) is 0 Å². The molecule has 0 saturated heterocycles. The summed E-state index contributed by atoms with van der Waals surface area (Å²) in [5, 5.41) is 13.7. The van der Waals surface area contributed by atoms with E-state index in [1.807, 2.05) is 18.2 Å². The molecule has 0 aliphatic rings. The lowest BCUT2D eigenvalue weighted by atomic mass is 9.92. The van der Waals surface area contributed by atoms with Gasteiger partial charge in [-0.2, -0.15) is 0 Å². The Bertz CT molecular complexity index is 7060. The van der Waals surface area contributed by atoms with Crippen LogP contribution in [0, 0.1) is 0 Å². The summed E-state index contributed by atoms with van der Waals surface area (Å²) in [7, 11) is 0. The SMILES string of the molecule is c1ccc(-c2ccc3cc(-c4nc(-c5ccc6ccccc6c5)nc(-c5c(-c6ccccc6)ccc6sc7ccccc7c56)n4)ccc3c2)cc1.c1ccc(-c2cccc(-c3nc(-c4ccc5ccccc5c4)nc(-c4cccc5oc6cc(-c7cccc8c(-c9ccccc9)cccc78)ccc6c45)n3)c2)cc1. The van der Waals surface area contributed by atoms with Crippen molar-refractivity contribution in [3.05, 3.63) is 376 Å². The molecule has 0 atom stereocenters. The second kappa shape index (κ2) is 27.1. The third-order valence-corrected chi connectivity index (χ3v) is 21.8. The van der Waals surface area contributed by atoms with Crippen LogP contribution in [0.25, 0.3) is 209 Å². The molecule has 0 bridgehead atoms. The standard InChI is InChI=1S/C53H33N3O.C47H29N3S/c1-3-13-34(14-4-1)38-19-9-20-40(31-38)51-54-52(41-28-27-35-15-7-8-18-37(35)32-41)56-53(55-51)47-25-12-26-48-50(47)46-30-29-39(33-49(46)57-48)43-22-11-23-44-42(21-10-24-45(43)44)36-16-5-2-6-17-36;1-3-11-30(12-4-1)34-20-21-36-29-38(24-22-35(36)27-34)46-48-45(37-23-19-31-13-7-8-16-33(31)28-37)49-47(50-46)44-39(32-14-5-2-6-15-32)25-26-42-43(44)40-17-9-10-18-41(40)51-42/h1-33H;1-29H. The Labute approximate surface area is 626 Å². The predicted molar refractivity (Wildman–Crippen MR) is 450 cm³/mol. The minimum absolute atomic E-state index is 0.591. The van der Waals surface area contributed by atoms with Gasteiger partial charge in [0, 0.05) is 64.3 Å². The lowest BCUT2D eigenvalue weighted by molar-refractivity contribution is 0.669. The van der Waals surface area contributed by atoms with E-state index in [9.17, 15) is 0 Å². The number of nitrogens with zero attached hydrogens (tertiary/aromatic N) is 6. The van der Waals surface area contributed by atoms with Crippen LogP contribution < -0.4 is 0 Å². The van der Waals surface area contributed by atoms with Gasteiger partial charge < -0.3 is 4.42 Å². The van der Waals surface area contributed by atoms with Gasteiger partial charge in [0.15, 0.2) is 34.9 Å². The zero-order chi connectivity index (χ0) is 71.4. The van der Waals surface area contributed by atoms with E-state index in [-0.39, 0.29) is 0 Å². The van der Waals surface area contributed by atoms with Gasteiger partial charge in [-0.3, -0.25) is 0 Å². The lowest BCUT2D eigenvalue weighted by Gasteiger charge is -2.14. The van der Waals surface area contributed by atoms with Crippen LogP contribution in [0.15, 0.2) is 381 Å². The molecule has 4 heterocycles. The summed E-state index contributed by atoms with van der Waals surface area (Å²) in [6.07, 6.45) is 0. The molecule has 0 aliphatic heterocycles. The molecule has 21 aromatic rings. The van der Waals surface area contributed by atoms with Crippen LogP contribution in [0.4, 0.5) is 0 Å². The Morgan fingerprint density at radius 3 is 1.19 bits per heavy atom. The predicted octanol–water partition coefficient (Wildman–Crippen LogP) is 27.0. The number of benzene rings is 17. The van der Waals surface area contributed by atoms with Crippen LogP contribution in [0.5, 0.6) is 0 Å². The molecule has 17 aromatic carbocycles. The number of thiophene rings is 1. The van der Waals surface area contributed by atoms with Crippen molar-refractivity contribution in [3.8, 4) is 124 Å². The molecule has 0 saturated carbocycles. The highest BCUT2D eigenvalue weighted by Crippen LogP contribution is 2.46. The van der Waals surface area contributed by atoms with Crippen LogP contribution >= 0.6 is 11.3 Å². The largest absolute Gasteiger partial charge is 0.456 e. The molecule has 0 N–H and O–H groups in total. The van der Waals surface area contributed by atoms with Crippen molar-refractivity contribution in [2.45, 2.75) is 0 Å². The first-order chi connectivity index (χ1) is 53.5. The molecule has 21 rings (SSSR count). The van der Waals surface area contributed by atoms with Crippen molar-refractivity contribution >= 4 is 96.5 Å². The minimum Gasteiger partial charge on any atom is -0.456 e. The molecule has 0 amide bonds. The molecular formula is C100H62N6OS. The molecule has 8 heteroatoms. The molecule has 0 fully saturated rings. The first kappa shape index (κ1) is 63.5. The lowest BCUT2D eigenvalue weighted by Crippen LogP contribution is -2.01. The van der Waals surface area contributed by atoms with E-state index in [2.05, 4.69) is 358 Å². The van der Waals surface area contributed by atoms with Gasteiger partial charge in [-0.05, 0) is 159 Å². The Kier molecular flexibility index (Phi) is 16.0. The van der Waals surface area contributed by atoms with Crippen molar-refractivity contribution < 1.29 is 4.42 Å². The Morgan fingerprint density at radius 1 is 0.185 bits per heavy atom. The van der Waals surface area contributed by atoms with E-state index in [1.54, 1.807) is 11.3 Å². The summed E-state index contributed by atoms with van der Waals surface area (Å²) >= 11 is 1.81. The Hall–Kier alpha value is -14.2. The third kappa shape index (κ3) is 11.8. The molecule has 108 heavy (non-hydrogen) atoms. The number of hydrogen-bond donors (Lipinski definition) is 0. The fourth-order valence-electron chi connectivity index (χ4n) is 15.3. The first-order valence-electron chi connectivity index (χ1n) is 36.3. The van der Waals surface area contributed by atoms with E-state index < -0.39 is 0 Å². The van der Waals surface area contributed by atoms with Gasteiger partial charge in [0.2, 0.25) is 0 Å². The van der Waals surface area contributed by atoms with Crippen LogP contribution in [0.1, 0.15) is 0 Å². The van der Waals surface area contributed by atoms with E-state index in [4.69, 9.17) is 34.3 Å². The molecule has 0 unspecified atom stereocenters. The third-order valence-electron chi connectivity index (χ3n) is 20.6. The number of hydrogen-bond acceptors (Lipinski definition) is 8. The van der Waals surface area contributed by atoms with E-state index in [1.165, 1.54) is 69.4 Å². The van der Waals surface area contributed by atoms with Crippen molar-refractivity contribution in [1.29, 1.82) is 0 Å². The normalized spacial score (nSPS) is 11.5. The molecule has 4 aromatic heterocycles. The fraction of sp³-hybridized carbons (Fsp3) is 0. The summed E-state index contributed by atoms with van der Waals surface area (Å²) < 4.78 is 9.10. The summed E-state index contributed by atoms with van der Waals surface area (Å²) in [5.41, 5.74) is 18.8. The first-order valence-corrected chi connectivity index (χ1v) is 37.1. The summed E-state index contributed by atoms with van der Waals surface area (Å²) in [6, 6.07) is 132. The minimum atomic E-state index is 0.591. The van der Waals surface area contributed by atoms with Gasteiger partial charge in [0.05, 0.1) is 0 Å². The fourth-order valence-corrected chi connectivity index (χ4v) is 16.5. The summed E-state index contributed by atoms with van der Waals surface area (Å²) in [6.45, 7) is 0. The molecule has 504 valence electrons. The maximum Gasteiger partial charge on any atom is 0.165 e. The number of fused-ring (bicyclic) bond motifs is 10. The van der Waals surface area contributed by atoms with E-state index >= 15 is 0 Å². The van der Waals surface area contributed by atoms with Crippen molar-refractivity contribution in [3.63, 3.8) is 0 Å². The molecular weight excluding hydrogens is 1330 g/mol. The van der Waals surface area contributed by atoms with Crippen molar-refractivity contribution in [2.75, 3.05) is 0 Å². The Morgan fingerprint density at radius 2 is 0.583 bits per heavy atom. The van der Waals surface area contributed by atoms with Crippen LogP contribution in [0.2, 0.25) is 0 Å². The zero-order valence-electron chi connectivity index (χ0n) is 58.3. The highest BCUT2D eigenvalue weighted by Gasteiger charge is 2.24. The van der Waals surface area contributed by atoms with Crippen molar-refractivity contribution in [2.24, 2.45) is 0 Å². The van der Waals surface area contributed by atoms with Gasteiger partial charge in [-0.25, -0.2) is 29.9 Å². The zero-order valence-corrected chi connectivity index (χ0v) is 59.1. The van der Waals surface area contributed by atoms with Crippen LogP contribution in [-0.4, -0.2) is 29.9 Å². The van der Waals surface area contributed by atoms with Crippen molar-refractivity contribution in [1.82, 2.24) is 29.9 Å². The number of aromatic nitrogens is 6. The second-order valence-corrected chi connectivity index (χ2v) is 28.3. The van der Waals surface area contributed by atoms with Gasteiger partial charge in [-0.15, -0.1) is 11.3 Å². The van der Waals surface area contributed by atoms with Gasteiger partial charge >= 0.3 is 0 Å². The second-order valence-electron chi connectivity index (χ2n) is 27.2. The number of rotatable bonds is 11.